The van der Waals surface area contributed by atoms with Crippen molar-refractivity contribution in [3.8, 4) is 5.75 Å². The maximum atomic E-state index is 11.5. The second-order valence-corrected chi connectivity index (χ2v) is 6.47. The fourth-order valence-electron chi connectivity index (χ4n) is 1.57. The number of alkyl carbamates (subject to hydrolysis) is 1. The van der Waals surface area contributed by atoms with Crippen LogP contribution in [-0.2, 0) is 4.74 Å². The topological polar surface area (TPSA) is 71.6 Å². The highest BCUT2D eigenvalue weighted by atomic mass is 35.5. The molecule has 0 bridgehead atoms. The Morgan fingerprint density at radius 2 is 1.91 bits per heavy atom. The number of amides is 1. The summed E-state index contributed by atoms with van der Waals surface area (Å²) in [5.74, 6) is 0.595. The second kappa shape index (κ2) is 8.79. The molecular weight excluding hydrogens is 338 g/mol. The smallest absolute Gasteiger partial charge is 0.407 e. The Morgan fingerprint density at radius 1 is 1.26 bits per heavy atom. The first-order valence-corrected chi connectivity index (χ1v) is 7.85. The largest absolute Gasteiger partial charge is 0.495 e. The van der Waals surface area contributed by atoms with Crippen LogP contribution in [0.2, 0.25) is 5.02 Å². The number of nitrogens with one attached hydrogen (secondary N) is 3. The lowest BCUT2D eigenvalue weighted by Crippen LogP contribution is -2.39. The zero-order valence-corrected chi connectivity index (χ0v) is 15.2. The lowest BCUT2D eigenvalue weighted by atomic mass is 10.2. The Balaban J connectivity index is 2.30. The molecular formula is C15H22ClN3O3S. The molecule has 0 aromatic heterocycles. The first kappa shape index (κ1) is 19.3. The molecule has 23 heavy (non-hydrogen) atoms. The molecule has 0 aliphatic rings. The van der Waals surface area contributed by atoms with E-state index >= 15 is 0 Å². The van der Waals surface area contributed by atoms with Gasteiger partial charge in [0.1, 0.15) is 11.4 Å². The molecule has 0 saturated heterocycles. The van der Waals surface area contributed by atoms with Gasteiger partial charge in [0.25, 0.3) is 0 Å². The van der Waals surface area contributed by atoms with Gasteiger partial charge in [-0.3, -0.25) is 0 Å². The molecule has 8 heteroatoms. The summed E-state index contributed by atoms with van der Waals surface area (Å²) in [6.45, 7) is 6.28. The molecule has 0 spiro atoms. The molecule has 6 nitrogen and oxygen atoms in total. The van der Waals surface area contributed by atoms with Crippen LogP contribution in [0.5, 0.6) is 5.75 Å². The first-order valence-electron chi connectivity index (χ1n) is 7.06. The van der Waals surface area contributed by atoms with E-state index in [0.29, 0.717) is 29.0 Å². The average molecular weight is 360 g/mol. The predicted molar refractivity (Wildman–Crippen MR) is 96.5 cm³/mol. The van der Waals surface area contributed by atoms with Gasteiger partial charge in [0, 0.05) is 18.8 Å². The van der Waals surface area contributed by atoms with Crippen molar-refractivity contribution in [2.24, 2.45) is 0 Å². The van der Waals surface area contributed by atoms with Crippen molar-refractivity contribution in [1.29, 1.82) is 0 Å². The number of methoxy groups -OCH3 is 1. The van der Waals surface area contributed by atoms with Crippen molar-refractivity contribution >= 4 is 40.7 Å². The number of benzene rings is 1. The van der Waals surface area contributed by atoms with Crippen LogP contribution >= 0.6 is 23.8 Å². The number of ether oxygens (including phenoxy) is 2. The Bertz CT molecular complexity index is 561. The Labute approximate surface area is 146 Å². The van der Waals surface area contributed by atoms with Crippen LogP contribution in [0.4, 0.5) is 10.5 Å². The Morgan fingerprint density at radius 3 is 2.48 bits per heavy atom. The first-order chi connectivity index (χ1) is 10.7. The Hall–Kier alpha value is -1.73. The molecule has 0 fully saturated rings. The average Bonchev–Trinajstić information content (AvgIpc) is 2.42. The lowest BCUT2D eigenvalue weighted by molar-refractivity contribution is 0.0529. The Kier molecular flexibility index (Phi) is 7.38. The van der Waals surface area contributed by atoms with Crippen LogP contribution in [0.1, 0.15) is 20.8 Å². The quantitative estimate of drug-likeness (QED) is 0.554. The number of hydrogen-bond donors (Lipinski definition) is 3. The summed E-state index contributed by atoms with van der Waals surface area (Å²) in [6, 6.07) is 5.27. The van der Waals surface area contributed by atoms with E-state index in [1.54, 1.807) is 25.3 Å². The number of anilines is 1. The van der Waals surface area contributed by atoms with E-state index in [-0.39, 0.29) is 0 Å². The summed E-state index contributed by atoms with van der Waals surface area (Å²) in [4.78, 5) is 11.5. The van der Waals surface area contributed by atoms with Gasteiger partial charge < -0.3 is 25.4 Å². The summed E-state index contributed by atoms with van der Waals surface area (Å²) in [6.07, 6.45) is -0.458. The summed E-state index contributed by atoms with van der Waals surface area (Å²) < 4.78 is 10.2. The molecule has 1 amide bonds. The van der Waals surface area contributed by atoms with E-state index in [1.807, 2.05) is 20.8 Å². The van der Waals surface area contributed by atoms with E-state index in [1.165, 1.54) is 0 Å². The third kappa shape index (κ3) is 7.90. The van der Waals surface area contributed by atoms with Crippen molar-refractivity contribution in [3.05, 3.63) is 23.2 Å². The minimum atomic E-state index is -0.512. The fourth-order valence-corrected chi connectivity index (χ4v) is 2.05. The summed E-state index contributed by atoms with van der Waals surface area (Å²) >= 11 is 11.2. The van der Waals surface area contributed by atoms with Gasteiger partial charge in [-0.2, -0.15) is 0 Å². The number of thiocarbonyl (C=S) groups is 1. The number of halogens is 1. The van der Waals surface area contributed by atoms with Crippen molar-refractivity contribution in [3.63, 3.8) is 0 Å². The minimum absolute atomic E-state index is 0.389. The van der Waals surface area contributed by atoms with Gasteiger partial charge in [-0.15, -0.1) is 0 Å². The van der Waals surface area contributed by atoms with Crippen molar-refractivity contribution < 1.29 is 14.3 Å². The standard InChI is InChI=1S/C15H22ClN3O3S/c1-15(2,3)22-14(20)18-8-7-17-13(23)19-10-5-6-12(21-4)11(16)9-10/h5-6,9H,7-8H2,1-4H3,(H,18,20)(H2,17,19,23). The highest BCUT2D eigenvalue weighted by Crippen LogP contribution is 2.27. The molecule has 128 valence electrons. The molecule has 0 saturated carbocycles. The molecule has 0 aliphatic heterocycles. The van der Waals surface area contributed by atoms with E-state index in [9.17, 15) is 4.79 Å². The van der Waals surface area contributed by atoms with Crippen molar-refractivity contribution in [2.75, 3.05) is 25.5 Å². The van der Waals surface area contributed by atoms with Crippen molar-refractivity contribution in [1.82, 2.24) is 10.6 Å². The lowest BCUT2D eigenvalue weighted by Gasteiger charge is -2.19. The zero-order chi connectivity index (χ0) is 17.5. The number of rotatable bonds is 5. The minimum Gasteiger partial charge on any atom is -0.495 e. The predicted octanol–water partition coefficient (Wildman–Crippen LogP) is 3.16. The van der Waals surface area contributed by atoms with Crippen LogP contribution in [0.15, 0.2) is 18.2 Å². The van der Waals surface area contributed by atoms with Crippen molar-refractivity contribution in [2.45, 2.75) is 26.4 Å². The van der Waals surface area contributed by atoms with Gasteiger partial charge in [0.05, 0.1) is 12.1 Å². The van der Waals surface area contributed by atoms with Gasteiger partial charge in [0.2, 0.25) is 0 Å². The number of carbonyl (C=O) groups is 1. The fraction of sp³-hybridized carbons (Fsp3) is 0.467. The molecule has 0 radical (unpaired) electrons. The molecule has 3 N–H and O–H groups in total. The molecule has 0 heterocycles. The molecule has 1 rings (SSSR count). The zero-order valence-electron chi connectivity index (χ0n) is 13.7. The number of carbonyl (C=O) groups excluding carboxylic acids is 1. The van der Waals surface area contributed by atoms with E-state index in [4.69, 9.17) is 33.3 Å². The molecule has 0 aliphatic carbocycles. The SMILES string of the molecule is COc1ccc(NC(=S)NCCNC(=O)OC(C)(C)C)cc1Cl. The third-order valence-corrected chi connectivity index (χ3v) is 3.03. The monoisotopic (exact) mass is 359 g/mol. The van der Waals surface area contributed by atoms with Gasteiger partial charge in [-0.1, -0.05) is 11.6 Å². The van der Waals surface area contributed by atoms with E-state index in [0.717, 1.165) is 5.69 Å². The van der Waals surface area contributed by atoms with Crippen LogP contribution in [0.3, 0.4) is 0 Å². The van der Waals surface area contributed by atoms with Crippen LogP contribution < -0.4 is 20.7 Å². The maximum Gasteiger partial charge on any atom is 0.407 e. The van der Waals surface area contributed by atoms with Crippen LogP contribution in [-0.4, -0.2) is 37.0 Å². The second-order valence-electron chi connectivity index (χ2n) is 5.66. The van der Waals surface area contributed by atoms with E-state index < -0.39 is 11.7 Å². The van der Waals surface area contributed by atoms with Gasteiger partial charge in [0.15, 0.2) is 5.11 Å². The summed E-state index contributed by atoms with van der Waals surface area (Å²) in [7, 11) is 1.55. The van der Waals surface area contributed by atoms with Gasteiger partial charge in [-0.05, 0) is 51.2 Å². The molecule has 0 unspecified atom stereocenters. The highest BCUT2D eigenvalue weighted by Gasteiger charge is 2.15. The van der Waals surface area contributed by atoms with Crippen LogP contribution in [0, 0.1) is 0 Å². The van der Waals surface area contributed by atoms with Gasteiger partial charge >= 0.3 is 6.09 Å². The normalized spacial score (nSPS) is 10.7. The third-order valence-electron chi connectivity index (χ3n) is 2.49. The summed E-state index contributed by atoms with van der Waals surface area (Å²) in [5.41, 5.74) is 0.232. The molecule has 1 aromatic carbocycles. The highest BCUT2D eigenvalue weighted by molar-refractivity contribution is 7.80. The summed E-state index contributed by atoms with van der Waals surface area (Å²) in [5, 5.41) is 9.52. The number of hydrogen-bond acceptors (Lipinski definition) is 4. The van der Waals surface area contributed by atoms with Crippen LogP contribution in [0.25, 0.3) is 0 Å². The van der Waals surface area contributed by atoms with Gasteiger partial charge in [-0.25, -0.2) is 4.79 Å². The van der Waals surface area contributed by atoms with E-state index in [2.05, 4.69) is 16.0 Å². The molecule has 1 aromatic rings. The maximum absolute atomic E-state index is 11.5. The molecule has 0 atom stereocenters.